The zero-order valence-corrected chi connectivity index (χ0v) is 17.1. The first-order chi connectivity index (χ1) is 13.6. The lowest BCUT2D eigenvalue weighted by atomic mass is 10.0. The Morgan fingerprint density at radius 2 is 1.82 bits per heavy atom. The maximum Gasteiger partial charge on any atom is 0.271 e. The number of β-amino-alcohol motifs (C(OH)–C–C–N with tert-alkyl or cyclic N) is 1. The van der Waals surface area contributed by atoms with Crippen molar-refractivity contribution in [3.8, 4) is 11.5 Å². The first kappa shape index (κ1) is 19.1. The average molecular weight is 402 g/mol. The summed E-state index contributed by atoms with van der Waals surface area (Å²) in [5, 5.41) is 12.5. The molecule has 4 rings (SSSR count). The third-order valence-electron chi connectivity index (χ3n) is 5.71. The van der Waals surface area contributed by atoms with Gasteiger partial charge in [-0.3, -0.25) is 0 Å². The molecule has 6 heteroatoms. The molecule has 0 unspecified atom stereocenters. The van der Waals surface area contributed by atoms with Crippen LogP contribution in [-0.4, -0.2) is 42.8 Å². The van der Waals surface area contributed by atoms with Crippen LogP contribution in [0.3, 0.4) is 0 Å². The number of amidine groups is 1. The molecule has 2 aliphatic rings. The summed E-state index contributed by atoms with van der Waals surface area (Å²) in [6, 6.07) is 13.3. The van der Waals surface area contributed by atoms with Crippen LogP contribution in [0.1, 0.15) is 31.2 Å². The second kappa shape index (κ2) is 7.64. The van der Waals surface area contributed by atoms with Gasteiger partial charge in [0.15, 0.2) is 18.0 Å². The van der Waals surface area contributed by atoms with Crippen LogP contribution in [0.15, 0.2) is 42.5 Å². The van der Waals surface area contributed by atoms with Gasteiger partial charge in [0.2, 0.25) is 0 Å². The lowest BCUT2D eigenvalue weighted by molar-refractivity contribution is -0.658. The quantitative estimate of drug-likeness (QED) is 0.786. The van der Waals surface area contributed by atoms with Gasteiger partial charge in [-0.1, -0.05) is 23.7 Å². The molecule has 0 amide bonds. The molecule has 148 valence electrons. The minimum Gasteiger partial charge on any atom is -0.497 e. The number of hydrogen-bond donors (Lipinski definition) is 1. The Balaban J connectivity index is 1.84. The van der Waals surface area contributed by atoms with Gasteiger partial charge in [0.1, 0.15) is 5.75 Å². The summed E-state index contributed by atoms with van der Waals surface area (Å²) < 4.78 is 13.2. The van der Waals surface area contributed by atoms with Crippen LogP contribution in [0, 0.1) is 0 Å². The van der Waals surface area contributed by atoms with Crippen molar-refractivity contribution in [2.75, 3.05) is 32.2 Å². The molecular weight excluding hydrogens is 376 g/mol. The van der Waals surface area contributed by atoms with E-state index in [9.17, 15) is 5.11 Å². The highest BCUT2D eigenvalue weighted by atomic mass is 35.5. The number of nitrogens with zero attached hydrogens (tertiary/aromatic N) is 2. The Morgan fingerprint density at radius 3 is 2.54 bits per heavy atom. The summed E-state index contributed by atoms with van der Waals surface area (Å²) in [4.78, 5) is 2.18. The summed E-state index contributed by atoms with van der Waals surface area (Å²) in [6.07, 6.45) is 4.23. The molecule has 2 aromatic rings. The normalized spacial score (nSPS) is 22.1. The van der Waals surface area contributed by atoms with Crippen LogP contribution in [0.4, 0.5) is 5.69 Å². The first-order valence-electron chi connectivity index (χ1n) is 9.68. The van der Waals surface area contributed by atoms with Crippen molar-refractivity contribution in [2.24, 2.45) is 0 Å². The van der Waals surface area contributed by atoms with Crippen LogP contribution < -0.4 is 14.4 Å². The van der Waals surface area contributed by atoms with E-state index in [2.05, 4.69) is 9.48 Å². The number of rotatable bonds is 4. The standard InChI is InChI=1S/C22H26ClN2O3/c1-27-18-11-12-20(28-2)19(14-18)24-15-22(26,16-7-9-17(23)10-8-16)25-13-5-3-4-6-21(24)25/h7-12,14,26H,3-6,13,15H2,1-2H3/q+1/t22-/m0/s1. The van der Waals surface area contributed by atoms with E-state index < -0.39 is 5.72 Å². The SMILES string of the molecule is COc1ccc(OC)c(N2C[C@](O)(c3ccc(Cl)cc3)[N+]3=C2CCCCC3)c1. The van der Waals surface area contributed by atoms with Gasteiger partial charge in [0, 0.05) is 23.1 Å². The zero-order valence-electron chi connectivity index (χ0n) is 16.3. The molecular formula is C22H26ClN2O3+. The third-order valence-corrected chi connectivity index (χ3v) is 5.97. The van der Waals surface area contributed by atoms with Gasteiger partial charge in [-0.2, -0.15) is 0 Å². The Morgan fingerprint density at radius 1 is 1.04 bits per heavy atom. The van der Waals surface area contributed by atoms with Crippen molar-refractivity contribution in [2.45, 2.75) is 31.4 Å². The molecule has 2 aromatic carbocycles. The number of ether oxygens (including phenoxy) is 2. The molecule has 28 heavy (non-hydrogen) atoms. The predicted molar refractivity (Wildman–Crippen MR) is 111 cm³/mol. The molecule has 0 spiro atoms. The van der Waals surface area contributed by atoms with E-state index in [-0.39, 0.29) is 0 Å². The molecule has 2 heterocycles. The molecule has 0 saturated heterocycles. The molecule has 0 fully saturated rings. The number of benzene rings is 2. The topological polar surface area (TPSA) is 44.9 Å². The summed E-state index contributed by atoms with van der Waals surface area (Å²) in [7, 11) is 3.33. The van der Waals surface area contributed by atoms with Gasteiger partial charge < -0.3 is 14.6 Å². The molecule has 5 nitrogen and oxygen atoms in total. The summed E-state index contributed by atoms with van der Waals surface area (Å²) in [6.45, 7) is 1.24. The van der Waals surface area contributed by atoms with Crippen LogP contribution in [0.5, 0.6) is 11.5 Å². The minimum absolute atomic E-state index is 0.424. The Hall–Kier alpha value is -2.24. The number of anilines is 1. The van der Waals surface area contributed by atoms with E-state index in [1.54, 1.807) is 14.2 Å². The van der Waals surface area contributed by atoms with Crippen molar-refractivity contribution in [3.05, 3.63) is 53.1 Å². The number of hydrogen-bond acceptors (Lipinski definition) is 4. The summed E-state index contributed by atoms with van der Waals surface area (Å²) >= 11 is 6.08. The summed E-state index contributed by atoms with van der Waals surface area (Å²) in [5.41, 5.74) is 0.646. The van der Waals surface area contributed by atoms with Crippen molar-refractivity contribution in [1.82, 2.24) is 0 Å². The van der Waals surface area contributed by atoms with Gasteiger partial charge in [-0.25, -0.2) is 9.48 Å². The highest BCUT2D eigenvalue weighted by Crippen LogP contribution is 2.40. The van der Waals surface area contributed by atoms with Crippen LogP contribution >= 0.6 is 11.6 Å². The van der Waals surface area contributed by atoms with Gasteiger partial charge >= 0.3 is 0 Å². The van der Waals surface area contributed by atoms with Crippen molar-refractivity contribution in [1.29, 1.82) is 0 Å². The fraction of sp³-hybridized carbons (Fsp3) is 0.409. The molecule has 0 radical (unpaired) electrons. The Kier molecular flexibility index (Phi) is 5.21. The molecule has 0 saturated carbocycles. The van der Waals surface area contributed by atoms with E-state index >= 15 is 0 Å². The fourth-order valence-corrected chi connectivity index (χ4v) is 4.39. The highest BCUT2D eigenvalue weighted by molar-refractivity contribution is 6.30. The van der Waals surface area contributed by atoms with Gasteiger partial charge in [-0.15, -0.1) is 0 Å². The molecule has 0 aliphatic carbocycles. The largest absolute Gasteiger partial charge is 0.497 e. The summed E-state index contributed by atoms with van der Waals surface area (Å²) in [5.74, 6) is 2.65. The maximum absolute atomic E-state index is 11.8. The Labute approximate surface area is 170 Å². The average Bonchev–Trinajstić information content (AvgIpc) is 2.87. The van der Waals surface area contributed by atoms with Crippen LogP contribution in [0.25, 0.3) is 0 Å². The van der Waals surface area contributed by atoms with Crippen molar-refractivity contribution >= 4 is 23.1 Å². The van der Waals surface area contributed by atoms with E-state index in [0.29, 0.717) is 11.6 Å². The van der Waals surface area contributed by atoms with Crippen LogP contribution in [-0.2, 0) is 5.72 Å². The lowest BCUT2D eigenvalue weighted by Crippen LogP contribution is -2.41. The van der Waals surface area contributed by atoms with Crippen molar-refractivity contribution in [3.63, 3.8) is 0 Å². The maximum atomic E-state index is 11.8. The minimum atomic E-state index is -1.11. The number of halogens is 1. The van der Waals surface area contributed by atoms with E-state index in [1.165, 1.54) is 0 Å². The third kappa shape index (κ3) is 3.23. The van der Waals surface area contributed by atoms with Gasteiger partial charge in [-0.05, 0) is 43.5 Å². The smallest absolute Gasteiger partial charge is 0.271 e. The number of methoxy groups -OCH3 is 2. The second-order valence-corrected chi connectivity index (χ2v) is 7.76. The predicted octanol–water partition coefficient (Wildman–Crippen LogP) is 4.01. The van der Waals surface area contributed by atoms with E-state index in [0.717, 1.165) is 60.8 Å². The van der Waals surface area contributed by atoms with E-state index in [1.807, 2.05) is 42.5 Å². The monoisotopic (exact) mass is 401 g/mol. The molecule has 0 aromatic heterocycles. The lowest BCUT2D eigenvalue weighted by Gasteiger charge is -2.24. The number of aliphatic hydroxyl groups is 1. The molecule has 1 atom stereocenters. The van der Waals surface area contributed by atoms with E-state index in [4.69, 9.17) is 21.1 Å². The van der Waals surface area contributed by atoms with Gasteiger partial charge in [0.25, 0.3) is 11.6 Å². The van der Waals surface area contributed by atoms with Crippen molar-refractivity contribution < 1.29 is 19.2 Å². The fourth-order valence-electron chi connectivity index (χ4n) is 4.27. The Bertz CT molecular complexity index is 897. The first-order valence-corrected chi connectivity index (χ1v) is 10.1. The second-order valence-electron chi connectivity index (χ2n) is 7.33. The van der Waals surface area contributed by atoms with Crippen LogP contribution in [0.2, 0.25) is 5.02 Å². The van der Waals surface area contributed by atoms with Gasteiger partial charge in [0.05, 0.1) is 20.8 Å². The zero-order chi connectivity index (χ0) is 19.7. The molecule has 0 bridgehead atoms. The highest BCUT2D eigenvalue weighted by Gasteiger charge is 2.52. The molecule has 2 aliphatic heterocycles. The molecule has 1 N–H and O–H groups in total.